The number of guanidine groups is 1. The quantitative estimate of drug-likeness (QED) is 0.420. The van der Waals surface area contributed by atoms with E-state index in [0.717, 1.165) is 31.7 Å². The first-order chi connectivity index (χ1) is 10.6. The molecule has 1 aromatic carbocycles. The van der Waals surface area contributed by atoms with Crippen LogP contribution in [-0.4, -0.2) is 25.2 Å². The number of hydrogen-bond acceptors (Lipinski definition) is 2. The lowest BCUT2D eigenvalue weighted by Gasteiger charge is -2.33. The number of ether oxygens (including phenoxy) is 1. The number of halogens is 1. The summed E-state index contributed by atoms with van der Waals surface area (Å²) in [5.41, 5.74) is 8.33. The summed E-state index contributed by atoms with van der Waals surface area (Å²) < 4.78 is 5.90. The molecule has 1 saturated heterocycles. The van der Waals surface area contributed by atoms with Gasteiger partial charge in [0.05, 0.1) is 6.10 Å². The van der Waals surface area contributed by atoms with Crippen molar-refractivity contribution in [2.24, 2.45) is 22.6 Å². The molecular formula is C18H30IN3O. The predicted molar refractivity (Wildman–Crippen MR) is 109 cm³/mol. The largest absolute Gasteiger partial charge is 0.378 e. The van der Waals surface area contributed by atoms with Crippen molar-refractivity contribution in [2.75, 3.05) is 18.5 Å². The van der Waals surface area contributed by atoms with Crippen LogP contribution in [-0.2, 0) is 11.2 Å². The van der Waals surface area contributed by atoms with E-state index < -0.39 is 0 Å². The van der Waals surface area contributed by atoms with Crippen LogP contribution in [0.5, 0.6) is 0 Å². The Bertz CT molecular complexity index is 505. The number of rotatable bonds is 5. The summed E-state index contributed by atoms with van der Waals surface area (Å²) in [4.78, 5) is 4.53. The van der Waals surface area contributed by atoms with Gasteiger partial charge in [0.2, 0.25) is 0 Å². The van der Waals surface area contributed by atoms with Crippen molar-refractivity contribution >= 4 is 35.6 Å². The Morgan fingerprint density at radius 1 is 1.43 bits per heavy atom. The van der Waals surface area contributed by atoms with Gasteiger partial charge in [0.15, 0.2) is 5.96 Å². The van der Waals surface area contributed by atoms with Gasteiger partial charge in [-0.2, -0.15) is 0 Å². The van der Waals surface area contributed by atoms with Crippen LogP contribution in [0.1, 0.15) is 39.2 Å². The standard InChI is InChI=1S/C18H29N3O.HI/c1-4-14-7-5-9-16(11-14)21-18(19)20-12-15-8-6-10-22-17(15)13(2)3;/h5,7,9,11,13,15,17H,4,6,8,10,12H2,1-3H3,(H3,19,20,21);1H. The summed E-state index contributed by atoms with van der Waals surface area (Å²) in [6.07, 6.45) is 3.61. The van der Waals surface area contributed by atoms with Gasteiger partial charge < -0.3 is 15.8 Å². The summed E-state index contributed by atoms with van der Waals surface area (Å²) >= 11 is 0. The first-order valence-corrected chi connectivity index (χ1v) is 8.37. The molecule has 1 heterocycles. The lowest BCUT2D eigenvalue weighted by molar-refractivity contribution is -0.0491. The van der Waals surface area contributed by atoms with E-state index in [9.17, 15) is 0 Å². The average molecular weight is 431 g/mol. The smallest absolute Gasteiger partial charge is 0.193 e. The van der Waals surface area contributed by atoms with Crippen LogP contribution in [0.15, 0.2) is 29.3 Å². The van der Waals surface area contributed by atoms with Gasteiger partial charge in [-0.3, -0.25) is 4.99 Å². The van der Waals surface area contributed by atoms with E-state index in [4.69, 9.17) is 10.5 Å². The van der Waals surface area contributed by atoms with Gasteiger partial charge in [-0.05, 0) is 42.9 Å². The first-order valence-electron chi connectivity index (χ1n) is 8.37. The van der Waals surface area contributed by atoms with Crippen molar-refractivity contribution in [1.29, 1.82) is 0 Å². The van der Waals surface area contributed by atoms with Crippen LogP contribution in [0.3, 0.4) is 0 Å². The van der Waals surface area contributed by atoms with Crippen molar-refractivity contribution in [3.63, 3.8) is 0 Å². The van der Waals surface area contributed by atoms with Crippen LogP contribution in [0.25, 0.3) is 0 Å². The van der Waals surface area contributed by atoms with E-state index in [0.29, 0.717) is 23.9 Å². The highest BCUT2D eigenvalue weighted by Gasteiger charge is 2.28. The second-order valence-electron chi connectivity index (χ2n) is 6.39. The van der Waals surface area contributed by atoms with Crippen molar-refractivity contribution in [3.8, 4) is 0 Å². The topological polar surface area (TPSA) is 59.6 Å². The van der Waals surface area contributed by atoms with Crippen LogP contribution < -0.4 is 11.1 Å². The van der Waals surface area contributed by atoms with Crippen molar-refractivity contribution in [2.45, 2.75) is 46.1 Å². The molecule has 1 fully saturated rings. The average Bonchev–Trinajstić information content (AvgIpc) is 2.53. The molecule has 2 unspecified atom stereocenters. The lowest BCUT2D eigenvalue weighted by atomic mass is 9.87. The SMILES string of the molecule is CCc1cccc(NC(N)=NCC2CCCOC2C(C)C)c1.I. The fraction of sp³-hybridized carbons (Fsp3) is 0.611. The van der Waals surface area contributed by atoms with E-state index >= 15 is 0 Å². The minimum Gasteiger partial charge on any atom is -0.378 e. The molecule has 2 atom stereocenters. The summed E-state index contributed by atoms with van der Waals surface area (Å²) in [7, 11) is 0. The van der Waals surface area contributed by atoms with E-state index in [1.165, 1.54) is 12.0 Å². The zero-order valence-corrected chi connectivity index (χ0v) is 16.7. The molecule has 2 rings (SSSR count). The van der Waals surface area contributed by atoms with Crippen LogP contribution in [0.2, 0.25) is 0 Å². The fourth-order valence-electron chi connectivity index (χ4n) is 3.07. The number of anilines is 1. The summed E-state index contributed by atoms with van der Waals surface area (Å²) in [5, 5.41) is 3.19. The van der Waals surface area contributed by atoms with Crippen molar-refractivity contribution in [1.82, 2.24) is 0 Å². The van der Waals surface area contributed by atoms with Crippen LogP contribution in [0, 0.1) is 11.8 Å². The third kappa shape index (κ3) is 6.30. The Labute approximate surface area is 157 Å². The fourth-order valence-corrected chi connectivity index (χ4v) is 3.07. The number of nitrogens with one attached hydrogen (secondary N) is 1. The molecule has 1 aliphatic rings. The van der Waals surface area contributed by atoms with Crippen LogP contribution in [0.4, 0.5) is 5.69 Å². The molecule has 1 aliphatic heterocycles. The molecule has 0 spiro atoms. The number of hydrogen-bond donors (Lipinski definition) is 2. The van der Waals surface area contributed by atoms with Crippen molar-refractivity contribution in [3.05, 3.63) is 29.8 Å². The van der Waals surface area contributed by atoms with Gasteiger partial charge in [-0.25, -0.2) is 0 Å². The Hall–Kier alpha value is -0.820. The number of benzene rings is 1. The Kier molecular flexibility index (Phi) is 8.91. The van der Waals surface area contributed by atoms with Gasteiger partial charge in [0.1, 0.15) is 0 Å². The normalized spacial score (nSPS) is 21.8. The Morgan fingerprint density at radius 2 is 2.22 bits per heavy atom. The molecule has 0 aliphatic carbocycles. The highest BCUT2D eigenvalue weighted by molar-refractivity contribution is 14.0. The van der Waals surface area contributed by atoms with Gasteiger partial charge in [0.25, 0.3) is 0 Å². The molecule has 23 heavy (non-hydrogen) atoms. The lowest BCUT2D eigenvalue weighted by Crippen LogP contribution is -2.36. The van der Waals surface area contributed by atoms with Gasteiger partial charge in [-0.1, -0.05) is 32.9 Å². The molecule has 0 saturated carbocycles. The molecule has 5 heteroatoms. The molecule has 1 aromatic rings. The maximum Gasteiger partial charge on any atom is 0.193 e. The van der Waals surface area contributed by atoms with Crippen molar-refractivity contribution < 1.29 is 4.74 Å². The minimum absolute atomic E-state index is 0. The second kappa shape index (κ2) is 10.1. The summed E-state index contributed by atoms with van der Waals surface area (Å²) in [6.45, 7) is 8.18. The zero-order valence-electron chi connectivity index (χ0n) is 14.4. The van der Waals surface area contributed by atoms with Gasteiger partial charge in [-0.15, -0.1) is 24.0 Å². The molecular weight excluding hydrogens is 401 g/mol. The molecule has 0 bridgehead atoms. The van der Waals surface area contributed by atoms with Gasteiger partial charge in [0, 0.05) is 24.8 Å². The predicted octanol–water partition coefficient (Wildman–Crippen LogP) is 4.04. The third-order valence-corrected chi connectivity index (χ3v) is 4.26. The second-order valence-corrected chi connectivity index (χ2v) is 6.39. The number of aryl methyl sites for hydroxylation is 1. The highest BCUT2D eigenvalue weighted by Crippen LogP contribution is 2.26. The zero-order chi connectivity index (χ0) is 15.9. The molecule has 0 aromatic heterocycles. The van der Waals surface area contributed by atoms with E-state index in [1.807, 2.05) is 12.1 Å². The molecule has 4 nitrogen and oxygen atoms in total. The number of aliphatic imine (C=N–C) groups is 1. The monoisotopic (exact) mass is 431 g/mol. The molecule has 0 radical (unpaired) electrons. The van der Waals surface area contributed by atoms with Gasteiger partial charge >= 0.3 is 0 Å². The third-order valence-electron chi connectivity index (χ3n) is 4.26. The molecule has 130 valence electrons. The molecule has 3 N–H and O–H groups in total. The highest BCUT2D eigenvalue weighted by atomic mass is 127. The van der Waals surface area contributed by atoms with E-state index in [1.54, 1.807) is 0 Å². The summed E-state index contributed by atoms with van der Waals surface area (Å²) in [6, 6.07) is 8.29. The number of nitrogens with zero attached hydrogens (tertiary/aromatic N) is 1. The van der Waals surface area contributed by atoms with E-state index in [-0.39, 0.29) is 24.0 Å². The first kappa shape index (κ1) is 20.2. The summed E-state index contributed by atoms with van der Waals surface area (Å²) in [5.74, 6) is 1.48. The number of nitrogens with two attached hydrogens (primary N) is 1. The maximum atomic E-state index is 6.03. The Balaban J connectivity index is 0.00000264. The van der Waals surface area contributed by atoms with Crippen LogP contribution >= 0.6 is 24.0 Å². The van der Waals surface area contributed by atoms with E-state index in [2.05, 4.69) is 43.2 Å². The maximum absolute atomic E-state index is 6.03. The Morgan fingerprint density at radius 3 is 2.91 bits per heavy atom. The molecule has 0 amide bonds. The minimum atomic E-state index is 0.